The van der Waals surface area contributed by atoms with Gasteiger partial charge in [-0.1, -0.05) is 58.4 Å². The molecule has 1 amide bonds. The van der Waals surface area contributed by atoms with Crippen LogP contribution < -0.4 is 5.32 Å². The Morgan fingerprint density at radius 2 is 1.78 bits per heavy atom. The molecule has 0 saturated heterocycles. The minimum absolute atomic E-state index is 0.207. The van der Waals surface area contributed by atoms with E-state index in [1.807, 2.05) is 54.6 Å². The number of hydrogen-bond acceptors (Lipinski definition) is 3. The van der Waals surface area contributed by atoms with Gasteiger partial charge in [0.05, 0.1) is 13.5 Å². The number of ether oxygens (including phenoxy) is 1. The van der Waals surface area contributed by atoms with E-state index in [1.165, 1.54) is 7.11 Å². The second-order valence-electron chi connectivity index (χ2n) is 5.14. The largest absolute Gasteiger partial charge is 0.467 e. The smallest absolute Gasteiger partial charge is 0.328 e. The maximum Gasteiger partial charge on any atom is 0.328 e. The molecule has 120 valence electrons. The number of nitrogens with one attached hydrogen (secondary N) is 1. The monoisotopic (exact) mass is 375 g/mol. The van der Waals surface area contributed by atoms with E-state index in [4.69, 9.17) is 4.74 Å². The van der Waals surface area contributed by atoms with Gasteiger partial charge in [0.15, 0.2) is 0 Å². The van der Waals surface area contributed by atoms with Gasteiger partial charge in [-0.3, -0.25) is 4.79 Å². The molecule has 1 N–H and O–H groups in total. The minimum atomic E-state index is -0.703. The molecule has 0 radical (unpaired) electrons. The Morgan fingerprint density at radius 3 is 2.43 bits per heavy atom. The summed E-state index contributed by atoms with van der Waals surface area (Å²) in [6.45, 7) is 0. The summed E-state index contributed by atoms with van der Waals surface area (Å²) in [5.41, 5.74) is 1.84. The summed E-state index contributed by atoms with van der Waals surface area (Å²) in [7, 11) is 1.32. The van der Waals surface area contributed by atoms with Crippen LogP contribution in [0.25, 0.3) is 0 Å². The lowest BCUT2D eigenvalue weighted by atomic mass is 10.1. The highest BCUT2D eigenvalue weighted by Gasteiger charge is 2.22. The van der Waals surface area contributed by atoms with Crippen molar-refractivity contribution in [3.63, 3.8) is 0 Å². The highest BCUT2D eigenvalue weighted by atomic mass is 79.9. The molecular formula is C18H18BrNO3. The van der Waals surface area contributed by atoms with Gasteiger partial charge in [-0.2, -0.15) is 0 Å². The Morgan fingerprint density at radius 1 is 1.09 bits per heavy atom. The van der Waals surface area contributed by atoms with Crippen LogP contribution in [0.5, 0.6) is 0 Å². The van der Waals surface area contributed by atoms with E-state index in [0.717, 1.165) is 15.6 Å². The molecule has 0 aromatic heterocycles. The Hall–Kier alpha value is -2.14. The number of rotatable bonds is 6. The molecule has 0 heterocycles. The van der Waals surface area contributed by atoms with Crippen molar-refractivity contribution in [3.05, 3.63) is 70.2 Å². The van der Waals surface area contributed by atoms with Crippen molar-refractivity contribution in [2.45, 2.75) is 18.9 Å². The van der Waals surface area contributed by atoms with Crippen molar-refractivity contribution in [2.75, 3.05) is 7.11 Å². The van der Waals surface area contributed by atoms with Gasteiger partial charge in [-0.25, -0.2) is 4.79 Å². The van der Waals surface area contributed by atoms with E-state index in [2.05, 4.69) is 21.2 Å². The minimum Gasteiger partial charge on any atom is -0.467 e. The number of carbonyl (C=O) groups excluding carboxylic acids is 2. The molecule has 0 spiro atoms. The van der Waals surface area contributed by atoms with Crippen LogP contribution in [0, 0.1) is 0 Å². The van der Waals surface area contributed by atoms with Crippen molar-refractivity contribution in [2.24, 2.45) is 0 Å². The average Bonchev–Trinajstić information content (AvgIpc) is 2.54. The lowest BCUT2D eigenvalue weighted by Crippen LogP contribution is -2.43. The number of carbonyl (C=O) groups is 2. The SMILES string of the molecule is COC(=O)[C@H](Cc1cccc(Br)c1)NC(=O)Cc1ccccc1. The Labute approximate surface area is 144 Å². The third-order valence-corrected chi connectivity index (χ3v) is 3.85. The maximum absolute atomic E-state index is 12.2. The predicted octanol–water partition coefficient (Wildman–Crippen LogP) is 2.89. The molecule has 2 aromatic rings. The van der Waals surface area contributed by atoms with E-state index in [9.17, 15) is 9.59 Å². The average molecular weight is 376 g/mol. The molecule has 4 nitrogen and oxygen atoms in total. The summed E-state index contributed by atoms with van der Waals surface area (Å²) in [4.78, 5) is 24.1. The highest BCUT2D eigenvalue weighted by molar-refractivity contribution is 9.10. The molecule has 0 saturated carbocycles. The van der Waals surface area contributed by atoms with Gasteiger partial charge in [-0.05, 0) is 23.3 Å². The van der Waals surface area contributed by atoms with E-state index in [1.54, 1.807) is 0 Å². The van der Waals surface area contributed by atoms with Gasteiger partial charge in [0.2, 0.25) is 5.91 Å². The van der Waals surface area contributed by atoms with Gasteiger partial charge >= 0.3 is 5.97 Å². The number of hydrogen-bond donors (Lipinski definition) is 1. The number of esters is 1. The zero-order chi connectivity index (χ0) is 16.7. The van der Waals surface area contributed by atoms with Crippen LogP contribution in [0.3, 0.4) is 0 Å². The van der Waals surface area contributed by atoms with E-state index >= 15 is 0 Å². The van der Waals surface area contributed by atoms with Crippen LogP contribution in [-0.4, -0.2) is 25.0 Å². The molecule has 2 rings (SSSR count). The standard InChI is InChI=1S/C18H18BrNO3/c1-23-18(22)16(11-14-8-5-9-15(19)10-14)20-17(21)12-13-6-3-2-4-7-13/h2-10,16H,11-12H2,1H3,(H,20,21)/t16-/m0/s1. The molecule has 1 atom stereocenters. The van der Waals surface area contributed by atoms with Crippen LogP contribution in [0.2, 0.25) is 0 Å². The summed E-state index contributed by atoms with van der Waals surface area (Å²) < 4.78 is 5.73. The first-order valence-electron chi connectivity index (χ1n) is 7.24. The molecule has 0 bridgehead atoms. The molecule has 0 unspecified atom stereocenters. The molecule has 2 aromatic carbocycles. The van der Waals surface area contributed by atoms with Crippen LogP contribution in [0.1, 0.15) is 11.1 Å². The molecule has 23 heavy (non-hydrogen) atoms. The van der Waals surface area contributed by atoms with Gasteiger partial charge in [0.25, 0.3) is 0 Å². The molecule has 5 heteroatoms. The Bertz CT molecular complexity index is 673. The maximum atomic E-state index is 12.2. The zero-order valence-electron chi connectivity index (χ0n) is 12.8. The van der Waals surface area contributed by atoms with Gasteiger partial charge in [0, 0.05) is 10.9 Å². The van der Waals surface area contributed by atoms with E-state index in [0.29, 0.717) is 6.42 Å². The predicted molar refractivity (Wildman–Crippen MR) is 91.9 cm³/mol. The van der Waals surface area contributed by atoms with Crippen molar-refractivity contribution in [3.8, 4) is 0 Å². The third-order valence-electron chi connectivity index (χ3n) is 3.36. The summed E-state index contributed by atoms with van der Waals surface area (Å²) in [6.07, 6.45) is 0.611. The lowest BCUT2D eigenvalue weighted by molar-refractivity contribution is -0.145. The summed E-state index contributed by atoms with van der Waals surface area (Å²) in [5.74, 6) is -0.659. The fourth-order valence-corrected chi connectivity index (χ4v) is 2.71. The van der Waals surface area contributed by atoms with E-state index in [-0.39, 0.29) is 12.3 Å². The number of methoxy groups -OCH3 is 1. The topological polar surface area (TPSA) is 55.4 Å². The molecule has 0 aliphatic carbocycles. The fourth-order valence-electron chi connectivity index (χ4n) is 2.26. The first-order valence-corrected chi connectivity index (χ1v) is 8.03. The number of halogens is 1. The van der Waals surface area contributed by atoms with Gasteiger partial charge < -0.3 is 10.1 Å². The molecular weight excluding hydrogens is 358 g/mol. The molecule has 0 fully saturated rings. The van der Waals surface area contributed by atoms with Crippen LogP contribution >= 0.6 is 15.9 Å². The summed E-state index contributed by atoms with van der Waals surface area (Å²) in [5, 5.41) is 2.76. The van der Waals surface area contributed by atoms with Crippen LogP contribution in [0.15, 0.2) is 59.1 Å². The summed E-state index contributed by atoms with van der Waals surface area (Å²) in [6, 6.07) is 16.3. The van der Waals surface area contributed by atoms with Gasteiger partial charge in [-0.15, -0.1) is 0 Å². The van der Waals surface area contributed by atoms with Crippen molar-refractivity contribution < 1.29 is 14.3 Å². The Kier molecular flexibility index (Phi) is 6.35. The Balaban J connectivity index is 2.03. The van der Waals surface area contributed by atoms with E-state index < -0.39 is 12.0 Å². The fraction of sp³-hybridized carbons (Fsp3) is 0.222. The second kappa shape index (κ2) is 8.48. The molecule has 0 aliphatic heterocycles. The van der Waals surface area contributed by atoms with Crippen molar-refractivity contribution >= 4 is 27.8 Å². The number of amides is 1. The first kappa shape index (κ1) is 17.2. The zero-order valence-corrected chi connectivity index (χ0v) is 14.4. The third kappa shape index (κ3) is 5.53. The van der Waals surface area contributed by atoms with Crippen LogP contribution in [-0.2, 0) is 27.2 Å². The number of benzene rings is 2. The second-order valence-corrected chi connectivity index (χ2v) is 6.06. The lowest BCUT2D eigenvalue weighted by Gasteiger charge is -2.17. The molecule has 0 aliphatic rings. The van der Waals surface area contributed by atoms with Crippen molar-refractivity contribution in [1.82, 2.24) is 5.32 Å². The van der Waals surface area contributed by atoms with Crippen molar-refractivity contribution in [1.29, 1.82) is 0 Å². The van der Waals surface area contributed by atoms with Gasteiger partial charge in [0.1, 0.15) is 6.04 Å². The highest BCUT2D eigenvalue weighted by Crippen LogP contribution is 2.13. The van der Waals surface area contributed by atoms with Crippen LogP contribution in [0.4, 0.5) is 0 Å². The first-order chi connectivity index (χ1) is 11.1. The summed E-state index contributed by atoms with van der Waals surface area (Å²) >= 11 is 3.40. The quantitative estimate of drug-likeness (QED) is 0.789. The normalized spacial score (nSPS) is 11.6.